The lowest BCUT2D eigenvalue weighted by molar-refractivity contribution is -0.332. The second-order valence-corrected chi connectivity index (χ2v) is 35.5. The average Bonchev–Trinajstić information content (AvgIpc) is 0.752. The van der Waals surface area contributed by atoms with Crippen LogP contribution in [0.1, 0.15) is 187 Å². The number of hydrogen-bond acceptors (Lipinski definition) is 26. The van der Waals surface area contributed by atoms with Crippen LogP contribution in [-0.4, -0.2) is 200 Å². The average molecular weight is 1770 g/mol. The molecule has 7 heterocycles. The number of amides is 7. The number of rotatable bonds is 26. The van der Waals surface area contributed by atoms with Crippen LogP contribution in [0.2, 0.25) is 10.0 Å². The molecular weight excluding hydrogens is 1660 g/mol. The number of halogens is 2. The molecule has 0 spiro atoms. The first kappa shape index (κ1) is 93.7. The van der Waals surface area contributed by atoms with Gasteiger partial charge in [-0.05, 0) is 161 Å². The Balaban J connectivity index is 1.14. The number of phenols is 3. The van der Waals surface area contributed by atoms with Crippen molar-refractivity contribution in [2.24, 2.45) is 11.7 Å². The van der Waals surface area contributed by atoms with Crippen LogP contribution in [0.25, 0.3) is 11.1 Å². The SMILES string of the molecule is CCCCCCCCCCNC1(C)CC(OC2C(Oc3c4cc5cc3Oc3ccc(cc3Cl)[C@@H](O)[C@@H](NC(=O)[C@H](CC(C)C)NC)C(=O)N[C@@H](CC(N)=O)C(=O)NC5C(=O)NC3C(=O)N[C@H](C(=O)N[C@@H](C(=O)O)c5cc(O)cc(O)c5-c5cc3ccc5O)[C@H](O)c3ccc(c(Cl)c3)O4)OC(CCS(=O)(=O)c3c(C)cc(C)cc3C)C(O)C2O)OC(C)C1O. The van der Waals surface area contributed by atoms with E-state index in [2.05, 4.69) is 49.5 Å². The number of aromatic hydroxyl groups is 3. The molecule has 6 aromatic rings. The third kappa shape index (κ3) is 21.7. The van der Waals surface area contributed by atoms with Gasteiger partial charge >= 0.3 is 5.97 Å². The van der Waals surface area contributed by atoms with Crippen molar-refractivity contribution >= 4 is 80.4 Å². The number of primary amides is 1. The number of aliphatic carboxylic acids is 1. The molecule has 0 saturated carbocycles. The number of aryl methyl sites for hydroxylation is 3. The number of hydrogen-bond donors (Lipinski definition) is 18. The van der Waals surface area contributed by atoms with Crippen molar-refractivity contribution in [1.29, 1.82) is 0 Å². The molecule has 123 heavy (non-hydrogen) atoms. The predicted molar refractivity (Wildman–Crippen MR) is 446 cm³/mol. The molecule has 2 saturated heterocycles. The topological polar surface area (TPSA) is 530 Å². The summed E-state index contributed by atoms with van der Waals surface area (Å²) in [6, 6.07) is 2.65. The molecule has 11 bridgehead atoms. The van der Waals surface area contributed by atoms with Crippen LogP contribution in [0.5, 0.6) is 46.0 Å². The fourth-order valence-electron chi connectivity index (χ4n) is 16.4. The lowest BCUT2D eigenvalue weighted by Crippen LogP contribution is -2.65. The van der Waals surface area contributed by atoms with Gasteiger partial charge in [-0.25, -0.2) is 13.2 Å². The van der Waals surface area contributed by atoms with Crippen LogP contribution in [0.4, 0.5) is 0 Å². The van der Waals surface area contributed by atoms with Crippen molar-refractivity contribution in [2.75, 3.05) is 19.3 Å². The summed E-state index contributed by atoms with van der Waals surface area (Å²) in [5.74, 6) is -16.9. The molecule has 7 aliphatic heterocycles. The Morgan fingerprint density at radius 2 is 1.27 bits per heavy atom. The highest BCUT2D eigenvalue weighted by Crippen LogP contribution is 2.50. The molecule has 6 aromatic carbocycles. The highest BCUT2D eigenvalue weighted by atomic mass is 35.5. The van der Waals surface area contributed by atoms with Crippen molar-refractivity contribution in [3.05, 3.63) is 146 Å². The number of aliphatic hydroxyl groups excluding tert-OH is 5. The minimum absolute atomic E-state index is 0.00298. The van der Waals surface area contributed by atoms with Gasteiger partial charge in [0.2, 0.25) is 53.4 Å². The summed E-state index contributed by atoms with van der Waals surface area (Å²) < 4.78 is 69.9. The highest BCUT2D eigenvalue weighted by Gasteiger charge is 2.53. The zero-order valence-electron chi connectivity index (χ0n) is 69.3. The largest absolute Gasteiger partial charge is 0.508 e. The van der Waals surface area contributed by atoms with Gasteiger partial charge in [-0.2, -0.15) is 0 Å². The van der Waals surface area contributed by atoms with Gasteiger partial charge in [0.05, 0.1) is 51.5 Å². The number of carbonyl (C=O) groups is 8. The maximum absolute atomic E-state index is 16.4. The Kier molecular flexibility index (Phi) is 30.4. The number of carbonyl (C=O) groups excluding carboxylic acids is 7. The number of phenolic OH excluding ortho intramolecular Hbond substituents is 3. The molecule has 7 aliphatic rings. The van der Waals surface area contributed by atoms with Gasteiger partial charge in [-0.1, -0.05) is 125 Å². The molecule has 0 aromatic heterocycles. The molecule has 34 nitrogen and oxygen atoms in total. The summed E-state index contributed by atoms with van der Waals surface area (Å²) in [5.41, 5.74) is 3.39. The van der Waals surface area contributed by atoms with Crippen molar-refractivity contribution in [3.63, 3.8) is 0 Å². The smallest absolute Gasteiger partial charge is 0.330 e. The van der Waals surface area contributed by atoms with Gasteiger partial charge in [-0.15, -0.1) is 0 Å². The number of sulfone groups is 1. The molecular formula is C86H107Cl2N9O25S. The molecule has 37 heteroatoms. The van der Waals surface area contributed by atoms with Crippen LogP contribution < -0.4 is 62.5 Å². The van der Waals surface area contributed by atoms with E-state index < -0.39 is 253 Å². The lowest BCUT2D eigenvalue weighted by Gasteiger charge is -2.48. The normalized spacial score (nSPS) is 26.4. The van der Waals surface area contributed by atoms with Gasteiger partial charge in [0.15, 0.2) is 39.8 Å². The second kappa shape index (κ2) is 39.9. The van der Waals surface area contributed by atoms with E-state index in [1.54, 1.807) is 46.8 Å². The Labute approximate surface area is 720 Å². The first-order valence-corrected chi connectivity index (χ1v) is 43.2. The van der Waals surface area contributed by atoms with E-state index in [-0.39, 0.29) is 51.1 Å². The van der Waals surface area contributed by atoms with Crippen molar-refractivity contribution in [1.82, 2.24) is 42.5 Å². The van der Waals surface area contributed by atoms with E-state index in [1.807, 2.05) is 13.8 Å². The summed E-state index contributed by atoms with van der Waals surface area (Å²) in [6.45, 7) is 14.7. The number of fused-ring (bicyclic) bond motifs is 15. The van der Waals surface area contributed by atoms with Crippen LogP contribution in [0, 0.1) is 26.7 Å². The van der Waals surface area contributed by atoms with Gasteiger partial charge in [0, 0.05) is 34.7 Å². The molecule has 13 rings (SSSR count). The monoisotopic (exact) mass is 1770 g/mol. The second-order valence-electron chi connectivity index (χ2n) is 32.7. The fraction of sp³-hybridized carbons (Fsp3) is 0.488. The zero-order chi connectivity index (χ0) is 89.5. The summed E-state index contributed by atoms with van der Waals surface area (Å²) >= 11 is 14.5. The maximum Gasteiger partial charge on any atom is 0.330 e. The number of carboxylic acid groups (broad SMARTS) is 1. The summed E-state index contributed by atoms with van der Waals surface area (Å²) in [7, 11) is -2.79. The number of nitrogens with two attached hydrogens (primary N) is 1. The van der Waals surface area contributed by atoms with E-state index in [0.29, 0.717) is 17.7 Å². The minimum Gasteiger partial charge on any atom is -0.508 e. The summed E-state index contributed by atoms with van der Waals surface area (Å²) in [6.07, 6.45) is -11.2. The van der Waals surface area contributed by atoms with Crippen LogP contribution in [0.3, 0.4) is 0 Å². The van der Waals surface area contributed by atoms with Crippen LogP contribution >= 0.6 is 23.2 Å². The highest BCUT2D eigenvalue weighted by molar-refractivity contribution is 7.91. The first-order valence-electron chi connectivity index (χ1n) is 40.8. The Hall–Kier alpha value is -9.99. The molecule has 7 amide bonds. The Morgan fingerprint density at radius 1 is 0.675 bits per heavy atom. The molecule has 11 unspecified atom stereocenters. The third-order valence-electron chi connectivity index (χ3n) is 22.7. The van der Waals surface area contributed by atoms with E-state index in [1.165, 1.54) is 19.2 Å². The van der Waals surface area contributed by atoms with Crippen molar-refractivity contribution in [2.45, 2.75) is 247 Å². The number of unbranched alkanes of at least 4 members (excludes halogenated alkanes) is 7. The molecule has 0 aliphatic carbocycles. The molecule has 2 fully saturated rings. The third-order valence-corrected chi connectivity index (χ3v) is 25.3. The lowest BCUT2D eigenvalue weighted by atomic mass is 9.84. The number of nitrogens with one attached hydrogen (secondary N) is 8. The number of benzene rings is 6. The zero-order valence-corrected chi connectivity index (χ0v) is 71.6. The van der Waals surface area contributed by atoms with Crippen LogP contribution in [0.15, 0.2) is 95.9 Å². The van der Waals surface area contributed by atoms with E-state index in [0.717, 1.165) is 124 Å². The van der Waals surface area contributed by atoms with Crippen LogP contribution in [-0.2, 0) is 62.4 Å². The molecule has 0 radical (unpaired) electrons. The van der Waals surface area contributed by atoms with Gasteiger partial charge in [-0.3, -0.25) is 33.6 Å². The minimum atomic E-state index is -4.26. The molecule has 18 atom stereocenters. The van der Waals surface area contributed by atoms with Gasteiger partial charge in [0.1, 0.15) is 83.4 Å². The van der Waals surface area contributed by atoms with Gasteiger partial charge < -0.3 is 123 Å². The Bertz CT molecular complexity index is 5060. The quantitative estimate of drug-likeness (QED) is 0.0252. The van der Waals surface area contributed by atoms with Gasteiger partial charge in [0.25, 0.3) is 0 Å². The van der Waals surface area contributed by atoms with E-state index in [4.69, 9.17) is 57.4 Å². The number of ether oxygens (including phenoxy) is 6. The summed E-state index contributed by atoms with van der Waals surface area (Å²) in [4.78, 5) is 119. The van der Waals surface area contributed by atoms with E-state index >= 15 is 24.0 Å². The van der Waals surface area contributed by atoms with Crippen molar-refractivity contribution < 1.29 is 121 Å². The first-order chi connectivity index (χ1) is 58.2. The summed E-state index contributed by atoms with van der Waals surface area (Å²) in [5, 5.41) is 128. The van der Waals surface area contributed by atoms with Crippen molar-refractivity contribution in [3.8, 4) is 57.1 Å². The molecule has 666 valence electrons. The Morgan fingerprint density at radius 3 is 1.87 bits per heavy atom. The fourth-order valence-corrected chi connectivity index (χ4v) is 18.7. The standard InChI is InChI=1S/C86H107Cl2N9O25S/c1-10-11-12-13-14-15-16-17-25-91-86(8)38-63(117-43(7)77(86)106)121-75-73(105)72(104)59(24-26-123(115,116)76-41(5)28-40(4)29-42(76)6)120-85(75)122-74-60-33-47-34-61(74)119-58-23-20-46(32-52(58)88)71(103)69-83(112)95-67(84(113)114)50-35-48(98)36-56(100)64(50)49-30-44(18-21-55(49)99)65(80(109)97-69)94-81(110)66(47)93-79(108)54(37-62(89)101)92-82(111)68(96-78(107)53(90-9)27-39(2)3)70(102)45-19-22-57(118-60)51(87)31-45/h18-23,28-36,39,43,53-54,59,63,65-73,75,77,85,90-91,98-100,102-106H,10-17,24-27,37-38H2,1-9H3,(H2,89,101)(H,92,111)(H,93,108)(H,94,110)(H,95,112)(H,96,107)(H,97,109)(H,113,114)/t43?,53-,54-,59?,63?,65?,66?,67+,68+,69-,70+,71+,72?,73?,75?,77?,85?,86?/m0/s1. The number of likely N-dealkylation sites (N-methyl/N-ethyl adjacent to an activating group) is 1. The maximum atomic E-state index is 16.4. The molecule has 19 N–H and O–H groups in total. The number of carboxylic acids is 1. The van der Waals surface area contributed by atoms with E-state index in [9.17, 15) is 68.8 Å². The predicted octanol–water partition coefficient (Wildman–Crippen LogP) is 6.67. The number of aliphatic hydroxyl groups is 5.